The molecule has 1 heterocycles. The van der Waals surface area contributed by atoms with Gasteiger partial charge < -0.3 is 4.90 Å². The number of rotatable bonds is 3. The molecule has 1 aliphatic rings. The van der Waals surface area contributed by atoms with Crippen LogP contribution in [-0.4, -0.2) is 31.0 Å². The minimum Gasteiger partial charge on any atom is -0.337 e. The van der Waals surface area contributed by atoms with E-state index in [0.717, 1.165) is 0 Å². The van der Waals surface area contributed by atoms with Crippen LogP contribution >= 0.6 is 23.2 Å². The first-order chi connectivity index (χ1) is 8.77. The molecule has 1 amide bonds. The number of hydrogen-bond acceptors (Lipinski definition) is 3. The lowest BCUT2D eigenvalue weighted by Crippen LogP contribution is -2.26. The van der Waals surface area contributed by atoms with E-state index in [2.05, 4.69) is 0 Å². The average Bonchev–Trinajstić information content (AvgIpc) is 2.64. The SMILES string of the molecule is O=C1CC(S(=O)(=O)F)CN1Cc1ccc(Cl)cc1Cl. The Kier molecular flexibility index (Phi) is 4.03. The minimum absolute atomic E-state index is 0.140. The Hall–Kier alpha value is -0.850. The summed E-state index contributed by atoms with van der Waals surface area (Å²) in [5.74, 6) is -0.405. The van der Waals surface area contributed by atoms with Gasteiger partial charge in [0.1, 0.15) is 5.25 Å². The second-order valence-corrected chi connectivity index (χ2v) is 6.77. The Balaban J connectivity index is 2.14. The smallest absolute Gasteiger partial charge is 0.307 e. The van der Waals surface area contributed by atoms with Gasteiger partial charge in [-0.25, -0.2) is 0 Å². The second-order valence-electron chi connectivity index (χ2n) is 4.31. The van der Waals surface area contributed by atoms with Crippen molar-refractivity contribution in [3.63, 3.8) is 0 Å². The zero-order chi connectivity index (χ0) is 14.2. The number of hydrogen-bond donors (Lipinski definition) is 0. The van der Waals surface area contributed by atoms with Crippen molar-refractivity contribution in [2.45, 2.75) is 18.2 Å². The molecule has 0 N–H and O–H groups in total. The molecule has 0 saturated carbocycles. The van der Waals surface area contributed by atoms with Gasteiger partial charge in [-0.2, -0.15) is 8.42 Å². The van der Waals surface area contributed by atoms with Crippen LogP contribution in [0.5, 0.6) is 0 Å². The molecular weight excluding hydrogens is 316 g/mol. The van der Waals surface area contributed by atoms with Crippen molar-refractivity contribution in [1.29, 1.82) is 0 Å². The molecule has 1 aromatic carbocycles. The number of likely N-dealkylation sites (tertiary alicyclic amines) is 1. The molecule has 1 fully saturated rings. The molecule has 1 saturated heterocycles. The second kappa shape index (κ2) is 5.26. The highest BCUT2D eigenvalue weighted by molar-refractivity contribution is 7.87. The molecule has 0 spiro atoms. The van der Waals surface area contributed by atoms with Crippen LogP contribution in [0.1, 0.15) is 12.0 Å². The highest BCUT2D eigenvalue weighted by Gasteiger charge is 2.38. The van der Waals surface area contributed by atoms with Crippen LogP contribution in [0.4, 0.5) is 3.89 Å². The third-order valence-electron chi connectivity index (χ3n) is 2.95. The molecule has 2 rings (SSSR count). The fourth-order valence-corrected chi connectivity index (χ4v) is 3.10. The lowest BCUT2D eigenvalue weighted by molar-refractivity contribution is -0.128. The normalized spacial score (nSPS) is 20.1. The molecule has 0 aromatic heterocycles. The first kappa shape index (κ1) is 14.6. The molecule has 19 heavy (non-hydrogen) atoms. The number of benzene rings is 1. The van der Waals surface area contributed by atoms with E-state index in [1.807, 2.05) is 0 Å². The molecular formula is C11H10Cl2FNO3S. The Morgan fingerprint density at radius 2 is 2.05 bits per heavy atom. The third-order valence-corrected chi connectivity index (χ3v) is 4.65. The van der Waals surface area contributed by atoms with Crippen LogP contribution in [-0.2, 0) is 21.6 Å². The van der Waals surface area contributed by atoms with Gasteiger partial charge in [0.2, 0.25) is 5.91 Å². The maximum atomic E-state index is 12.9. The molecule has 104 valence electrons. The maximum Gasteiger partial charge on any atom is 0.307 e. The lowest BCUT2D eigenvalue weighted by atomic mass is 10.2. The van der Waals surface area contributed by atoms with E-state index >= 15 is 0 Å². The van der Waals surface area contributed by atoms with Gasteiger partial charge in [0.05, 0.1) is 0 Å². The van der Waals surface area contributed by atoms with Crippen LogP contribution in [0.3, 0.4) is 0 Å². The Labute approximate surface area is 120 Å². The van der Waals surface area contributed by atoms with Crippen LogP contribution in [0, 0.1) is 0 Å². The molecule has 8 heteroatoms. The summed E-state index contributed by atoms with van der Waals surface area (Å²) in [7, 11) is -4.69. The van der Waals surface area contributed by atoms with Gasteiger partial charge in [-0.05, 0) is 17.7 Å². The lowest BCUT2D eigenvalue weighted by Gasteiger charge is -2.16. The summed E-state index contributed by atoms with van der Waals surface area (Å²) in [5, 5.41) is -0.441. The summed E-state index contributed by atoms with van der Waals surface area (Å²) in [4.78, 5) is 12.9. The molecule has 4 nitrogen and oxygen atoms in total. The van der Waals surface area contributed by atoms with E-state index in [-0.39, 0.29) is 19.5 Å². The van der Waals surface area contributed by atoms with Gasteiger partial charge in [0, 0.05) is 29.6 Å². The van der Waals surface area contributed by atoms with Crippen LogP contribution < -0.4 is 0 Å². The van der Waals surface area contributed by atoms with E-state index in [9.17, 15) is 17.1 Å². The van der Waals surface area contributed by atoms with Crippen LogP contribution in [0.2, 0.25) is 10.0 Å². The summed E-state index contributed by atoms with van der Waals surface area (Å²) in [6, 6.07) is 4.80. The van der Waals surface area contributed by atoms with E-state index < -0.39 is 21.4 Å². The van der Waals surface area contributed by atoms with E-state index in [1.54, 1.807) is 12.1 Å². The minimum atomic E-state index is -4.69. The quantitative estimate of drug-likeness (QED) is 0.802. The van der Waals surface area contributed by atoms with Crippen LogP contribution in [0.25, 0.3) is 0 Å². The van der Waals surface area contributed by atoms with Gasteiger partial charge in [-0.15, -0.1) is 3.89 Å². The highest BCUT2D eigenvalue weighted by Crippen LogP contribution is 2.26. The predicted molar refractivity (Wildman–Crippen MR) is 70.3 cm³/mol. The fraction of sp³-hybridized carbons (Fsp3) is 0.364. The first-order valence-electron chi connectivity index (χ1n) is 5.42. The monoisotopic (exact) mass is 325 g/mol. The standard InChI is InChI=1S/C11H10Cl2FNO3S/c12-8-2-1-7(10(13)3-8)5-15-6-9(4-11(15)16)19(14,17)18/h1-3,9H,4-6H2. The molecule has 1 aromatic rings. The van der Waals surface area contributed by atoms with E-state index in [1.165, 1.54) is 11.0 Å². The maximum absolute atomic E-state index is 12.9. The largest absolute Gasteiger partial charge is 0.337 e. The average molecular weight is 326 g/mol. The fourth-order valence-electron chi connectivity index (χ4n) is 1.93. The van der Waals surface area contributed by atoms with Gasteiger partial charge >= 0.3 is 10.2 Å². The number of nitrogens with zero attached hydrogens (tertiary/aromatic N) is 1. The molecule has 0 bridgehead atoms. The van der Waals surface area contributed by atoms with Crippen LogP contribution in [0.15, 0.2) is 18.2 Å². The summed E-state index contributed by atoms with van der Waals surface area (Å²) in [6.07, 6.45) is -0.329. The van der Waals surface area contributed by atoms with Crippen molar-refractivity contribution in [2.24, 2.45) is 0 Å². The predicted octanol–water partition coefficient (Wildman–Crippen LogP) is 2.39. The zero-order valence-electron chi connectivity index (χ0n) is 9.64. The van der Waals surface area contributed by atoms with Crippen molar-refractivity contribution >= 4 is 39.3 Å². The first-order valence-corrected chi connectivity index (χ1v) is 7.63. The van der Waals surface area contributed by atoms with Crippen molar-refractivity contribution in [2.75, 3.05) is 6.54 Å². The zero-order valence-corrected chi connectivity index (χ0v) is 12.0. The molecule has 0 radical (unpaired) electrons. The Morgan fingerprint density at radius 1 is 1.37 bits per heavy atom. The number of carbonyl (C=O) groups is 1. The van der Waals surface area contributed by atoms with Crippen molar-refractivity contribution in [1.82, 2.24) is 4.90 Å². The van der Waals surface area contributed by atoms with E-state index in [4.69, 9.17) is 23.2 Å². The molecule has 1 atom stereocenters. The van der Waals surface area contributed by atoms with Gasteiger partial charge in [-0.1, -0.05) is 29.3 Å². The highest BCUT2D eigenvalue weighted by atomic mass is 35.5. The van der Waals surface area contributed by atoms with Crippen molar-refractivity contribution in [3.8, 4) is 0 Å². The Morgan fingerprint density at radius 3 is 2.58 bits per heavy atom. The number of halogens is 3. The van der Waals surface area contributed by atoms with Gasteiger partial charge in [0.15, 0.2) is 0 Å². The number of carbonyl (C=O) groups excluding carboxylic acids is 1. The topological polar surface area (TPSA) is 54.5 Å². The summed E-state index contributed by atoms with van der Waals surface area (Å²) >= 11 is 11.7. The molecule has 0 aliphatic carbocycles. The van der Waals surface area contributed by atoms with Crippen molar-refractivity contribution < 1.29 is 17.1 Å². The molecule has 1 unspecified atom stereocenters. The van der Waals surface area contributed by atoms with Crippen molar-refractivity contribution in [3.05, 3.63) is 33.8 Å². The third kappa shape index (κ3) is 3.38. The number of amides is 1. The Bertz CT molecular complexity index is 620. The summed E-state index contributed by atoms with van der Waals surface area (Å²) in [6.45, 7) is -0.0164. The van der Waals surface area contributed by atoms with Gasteiger partial charge in [-0.3, -0.25) is 4.79 Å². The summed E-state index contributed by atoms with van der Waals surface area (Å²) in [5.41, 5.74) is 0.635. The summed E-state index contributed by atoms with van der Waals surface area (Å²) < 4.78 is 34.5. The van der Waals surface area contributed by atoms with Gasteiger partial charge in [0.25, 0.3) is 0 Å². The molecule has 1 aliphatic heterocycles. The van der Waals surface area contributed by atoms with E-state index in [0.29, 0.717) is 15.6 Å².